The van der Waals surface area contributed by atoms with Gasteiger partial charge in [0.1, 0.15) is 24.3 Å². The highest BCUT2D eigenvalue weighted by atomic mass is 16.6. The van der Waals surface area contributed by atoms with Crippen molar-refractivity contribution in [2.75, 3.05) is 13.2 Å². The van der Waals surface area contributed by atoms with Crippen LogP contribution in [0.3, 0.4) is 0 Å². The molecule has 2 atom stereocenters. The van der Waals surface area contributed by atoms with Crippen molar-refractivity contribution >= 4 is 18.3 Å². The molecule has 1 N–H and O–H groups in total. The van der Waals surface area contributed by atoms with E-state index in [0.717, 1.165) is 22.3 Å². The summed E-state index contributed by atoms with van der Waals surface area (Å²) in [5.74, 6) is -0.721. The summed E-state index contributed by atoms with van der Waals surface area (Å²) < 4.78 is 11.1. The van der Waals surface area contributed by atoms with Crippen LogP contribution in [0.15, 0.2) is 65.8 Å². The highest BCUT2D eigenvalue weighted by Gasteiger charge is 2.32. The number of nitrogens with one attached hydrogen (secondary N) is 1. The number of hydrogen-bond acceptors (Lipinski definition) is 7. The monoisotopic (exact) mass is 472 g/mol. The summed E-state index contributed by atoms with van der Waals surface area (Å²) in [6, 6.07) is 17.1. The molecule has 1 heterocycles. The van der Waals surface area contributed by atoms with Gasteiger partial charge >= 0.3 is 12.1 Å². The number of benzene rings is 2. The Labute approximate surface area is 204 Å². The van der Waals surface area contributed by atoms with Gasteiger partial charge in [0, 0.05) is 18.3 Å². The van der Waals surface area contributed by atoms with Gasteiger partial charge in [-0.2, -0.15) is 5.26 Å². The molecule has 0 saturated carbocycles. The summed E-state index contributed by atoms with van der Waals surface area (Å²) in [6.45, 7) is 5.37. The first-order valence-corrected chi connectivity index (χ1v) is 11.5. The Hall–Kier alpha value is -4.12. The van der Waals surface area contributed by atoms with E-state index in [-0.39, 0.29) is 19.1 Å². The molecule has 0 radical (unpaired) electrons. The first-order chi connectivity index (χ1) is 16.8. The number of fused-ring (bicyclic) bond motifs is 3. The van der Waals surface area contributed by atoms with Gasteiger partial charge in [-0.3, -0.25) is 4.99 Å². The van der Waals surface area contributed by atoms with E-state index < -0.39 is 29.9 Å². The van der Waals surface area contributed by atoms with Crippen molar-refractivity contribution in [2.45, 2.75) is 44.5 Å². The van der Waals surface area contributed by atoms with E-state index in [0.29, 0.717) is 0 Å². The predicted octanol–water partition coefficient (Wildman–Crippen LogP) is 3.99. The molecule has 2 aromatic carbocycles. The molecule has 0 spiro atoms. The average molecular weight is 473 g/mol. The Balaban J connectivity index is 1.46. The number of nitrogens with zero attached hydrogens (tertiary/aromatic N) is 3. The number of carbonyl (C=O) groups is 2. The minimum Gasteiger partial charge on any atom is -0.458 e. The fraction of sp³-hybridized carbons (Fsp3) is 0.333. The number of hydrogen-bond donors (Lipinski definition) is 1. The minimum atomic E-state index is -1.06. The van der Waals surface area contributed by atoms with Crippen molar-refractivity contribution in [1.82, 2.24) is 10.2 Å². The fourth-order valence-electron chi connectivity index (χ4n) is 4.26. The Bertz CT molecular complexity index is 1160. The van der Waals surface area contributed by atoms with Crippen LogP contribution in [0.1, 0.15) is 37.8 Å². The van der Waals surface area contributed by atoms with Crippen molar-refractivity contribution in [2.24, 2.45) is 4.99 Å². The van der Waals surface area contributed by atoms with Crippen molar-refractivity contribution in [3.63, 3.8) is 0 Å². The van der Waals surface area contributed by atoms with E-state index in [9.17, 15) is 14.9 Å². The Morgan fingerprint density at radius 2 is 1.74 bits per heavy atom. The second-order valence-electron chi connectivity index (χ2n) is 9.40. The molecule has 0 fully saturated rings. The lowest BCUT2D eigenvalue weighted by Crippen LogP contribution is -2.51. The third kappa shape index (κ3) is 5.52. The lowest BCUT2D eigenvalue weighted by Gasteiger charge is -2.30. The van der Waals surface area contributed by atoms with E-state index in [2.05, 4.69) is 28.5 Å². The molecule has 2 aromatic rings. The van der Waals surface area contributed by atoms with Crippen LogP contribution in [0, 0.1) is 11.3 Å². The van der Waals surface area contributed by atoms with Gasteiger partial charge in [0.2, 0.25) is 6.17 Å². The molecule has 8 heteroatoms. The van der Waals surface area contributed by atoms with Gasteiger partial charge < -0.3 is 19.7 Å². The topological polar surface area (TPSA) is 104 Å². The molecule has 1 aliphatic heterocycles. The maximum Gasteiger partial charge on any atom is 0.407 e. The maximum atomic E-state index is 12.9. The number of allylic oxidation sites excluding steroid dienone is 1. The molecule has 1 amide bonds. The van der Waals surface area contributed by atoms with E-state index >= 15 is 0 Å². The van der Waals surface area contributed by atoms with Crippen LogP contribution in [-0.4, -0.2) is 54.1 Å². The van der Waals surface area contributed by atoms with Crippen molar-refractivity contribution < 1.29 is 19.1 Å². The summed E-state index contributed by atoms with van der Waals surface area (Å²) in [5, 5.41) is 12.0. The molecular weight excluding hydrogens is 444 g/mol. The second-order valence-corrected chi connectivity index (χ2v) is 9.40. The van der Waals surface area contributed by atoms with Crippen molar-refractivity contribution in [3.05, 3.63) is 71.9 Å². The SMILES string of the molecule is CC(C)(C)OC(=O)[C@H](CN1C=CC=NC1C#N)NC(=O)OCC1c2ccccc2-c2ccccc21. The van der Waals surface area contributed by atoms with Crippen LogP contribution in [0.2, 0.25) is 0 Å². The average Bonchev–Trinajstić information content (AvgIpc) is 3.15. The van der Waals surface area contributed by atoms with Gasteiger partial charge in [0.05, 0.1) is 6.54 Å². The van der Waals surface area contributed by atoms with E-state index in [1.54, 1.807) is 37.9 Å². The molecule has 1 aliphatic carbocycles. The Morgan fingerprint density at radius 1 is 1.11 bits per heavy atom. The molecule has 180 valence electrons. The Morgan fingerprint density at radius 3 is 2.34 bits per heavy atom. The van der Waals surface area contributed by atoms with Crippen molar-refractivity contribution in [1.29, 1.82) is 5.26 Å². The third-order valence-electron chi connectivity index (χ3n) is 5.74. The number of nitriles is 1. The number of ether oxygens (including phenoxy) is 2. The molecule has 8 nitrogen and oxygen atoms in total. The molecule has 35 heavy (non-hydrogen) atoms. The van der Waals surface area contributed by atoms with Gasteiger partial charge in [-0.05, 0) is 49.1 Å². The summed E-state index contributed by atoms with van der Waals surface area (Å²) in [4.78, 5) is 31.4. The van der Waals surface area contributed by atoms with Crippen LogP contribution >= 0.6 is 0 Å². The summed E-state index contributed by atoms with van der Waals surface area (Å²) in [6.07, 6.45) is 3.30. The predicted molar refractivity (Wildman–Crippen MR) is 132 cm³/mol. The molecule has 2 aliphatic rings. The zero-order valence-corrected chi connectivity index (χ0v) is 20.0. The lowest BCUT2D eigenvalue weighted by atomic mass is 9.98. The largest absolute Gasteiger partial charge is 0.458 e. The molecular formula is C27H28N4O4. The summed E-state index contributed by atoms with van der Waals surface area (Å²) >= 11 is 0. The summed E-state index contributed by atoms with van der Waals surface area (Å²) in [5.41, 5.74) is 3.70. The molecule has 4 rings (SSSR count). The normalized spacial score (nSPS) is 17.2. The van der Waals surface area contributed by atoms with Crippen molar-refractivity contribution in [3.8, 4) is 17.2 Å². The first kappa shape index (κ1) is 24.0. The van der Waals surface area contributed by atoms with Crippen LogP contribution in [0.4, 0.5) is 4.79 Å². The highest BCUT2D eigenvalue weighted by molar-refractivity contribution is 5.82. The number of amides is 1. The molecule has 0 bridgehead atoms. The number of rotatable bonds is 6. The molecule has 0 aromatic heterocycles. The number of aliphatic imine (C=N–C) groups is 1. The van der Waals surface area contributed by atoms with Gasteiger partial charge in [-0.25, -0.2) is 9.59 Å². The quantitative estimate of drug-likeness (QED) is 0.638. The zero-order chi connectivity index (χ0) is 25.0. The van der Waals surface area contributed by atoms with Gasteiger partial charge in [0.25, 0.3) is 0 Å². The maximum absolute atomic E-state index is 12.9. The number of alkyl carbamates (subject to hydrolysis) is 1. The lowest BCUT2D eigenvalue weighted by molar-refractivity contribution is -0.157. The fourth-order valence-corrected chi connectivity index (χ4v) is 4.26. The molecule has 1 unspecified atom stereocenters. The van der Waals surface area contributed by atoms with Crippen LogP contribution in [0.5, 0.6) is 0 Å². The summed E-state index contributed by atoms with van der Waals surface area (Å²) in [7, 11) is 0. The van der Waals surface area contributed by atoms with Crippen LogP contribution in [0.25, 0.3) is 11.1 Å². The smallest absolute Gasteiger partial charge is 0.407 e. The zero-order valence-electron chi connectivity index (χ0n) is 20.0. The van der Waals surface area contributed by atoms with E-state index in [1.165, 1.54) is 6.21 Å². The molecule has 0 saturated heterocycles. The standard InChI is InChI=1S/C27H28N4O4/c1-27(2,3)35-25(32)23(16-31-14-8-13-29-24(31)15-28)30-26(33)34-17-22-20-11-6-4-9-18(20)19-10-5-7-12-21(19)22/h4-14,22-24H,16-17H2,1-3H3,(H,30,33)/t23-,24?/m0/s1. The van der Waals surface area contributed by atoms with E-state index in [1.807, 2.05) is 36.4 Å². The first-order valence-electron chi connectivity index (χ1n) is 11.5. The van der Waals surface area contributed by atoms with Gasteiger partial charge in [-0.1, -0.05) is 48.5 Å². The Kier molecular flexibility index (Phi) is 6.87. The van der Waals surface area contributed by atoms with Crippen LogP contribution in [-0.2, 0) is 14.3 Å². The third-order valence-corrected chi connectivity index (χ3v) is 5.74. The van der Waals surface area contributed by atoms with Gasteiger partial charge in [0.15, 0.2) is 0 Å². The van der Waals surface area contributed by atoms with Gasteiger partial charge in [-0.15, -0.1) is 0 Å². The van der Waals surface area contributed by atoms with E-state index in [4.69, 9.17) is 9.47 Å². The highest BCUT2D eigenvalue weighted by Crippen LogP contribution is 2.44. The second kappa shape index (κ2) is 10.0. The number of esters is 1. The van der Waals surface area contributed by atoms with Crippen LogP contribution < -0.4 is 5.32 Å². The minimum absolute atomic E-state index is 0.00513. The number of carbonyl (C=O) groups excluding carboxylic acids is 2.